The van der Waals surface area contributed by atoms with Gasteiger partial charge in [0, 0.05) is 18.3 Å². The van der Waals surface area contributed by atoms with Gasteiger partial charge in [0.25, 0.3) is 5.78 Å². The number of rotatable bonds is 3. The van der Waals surface area contributed by atoms with Crippen LogP contribution in [0.4, 0.5) is 0 Å². The van der Waals surface area contributed by atoms with Gasteiger partial charge in [-0.3, -0.25) is 4.79 Å². The minimum atomic E-state index is -0.982. The van der Waals surface area contributed by atoms with Crippen LogP contribution in [0, 0.1) is 6.92 Å². The van der Waals surface area contributed by atoms with Crippen LogP contribution in [0.5, 0.6) is 5.75 Å². The number of aliphatic hydroxyl groups excluding tert-OH is 1. The van der Waals surface area contributed by atoms with Crippen LogP contribution < -0.4 is 0 Å². The number of aromatic nitrogens is 1. The van der Waals surface area contributed by atoms with Gasteiger partial charge >= 0.3 is 5.97 Å². The van der Waals surface area contributed by atoms with Crippen molar-refractivity contribution in [1.29, 1.82) is 0 Å². The molecule has 4 rings (SSSR count). The molecule has 136 valence electrons. The van der Waals surface area contributed by atoms with Gasteiger partial charge in [0.15, 0.2) is 0 Å². The fraction of sp³-hybridized carbons (Fsp3) is 0.143. The fourth-order valence-electron chi connectivity index (χ4n) is 3.26. The number of cyclic esters (lactones) is 1. The third-order valence-corrected chi connectivity index (χ3v) is 4.71. The van der Waals surface area contributed by atoms with E-state index in [9.17, 15) is 19.8 Å². The van der Waals surface area contributed by atoms with E-state index < -0.39 is 11.8 Å². The summed E-state index contributed by atoms with van der Waals surface area (Å²) in [5, 5.41) is 21.4. The number of carbonyl (C=O) groups is 2. The van der Waals surface area contributed by atoms with Gasteiger partial charge in [-0.1, -0.05) is 35.9 Å². The maximum atomic E-state index is 11.9. The normalized spacial score (nSPS) is 16.0. The Morgan fingerprint density at radius 3 is 2.56 bits per heavy atom. The highest BCUT2D eigenvalue weighted by Gasteiger charge is 2.33. The number of aliphatic hydroxyl groups is 1. The zero-order valence-corrected chi connectivity index (χ0v) is 14.6. The van der Waals surface area contributed by atoms with Crippen molar-refractivity contribution in [1.82, 2.24) is 4.57 Å². The number of aryl methyl sites for hydroxylation is 1. The summed E-state index contributed by atoms with van der Waals surface area (Å²) in [6, 6.07) is 13.1. The van der Waals surface area contributed by atoms with Gasteiger partial charge in [0.1, 0.15) is 18.1 Å². The average molecular weight is 363 g/mol. The lowest BCUT2D eigenvalue weighted by Crippen LogP contribution is -2.08. The molecule has 3 aromatic rings. The molecule has 0 spiro atoms. The largest absolute Gasteiger partial charge is 0.507 e. The van der Waals surface area contributed by atoms with Crippen molar-refractivity contribution in [2.24, 2.45) is 0 Å². The Labute approximate surface area is 154 Å². The molecule has 6 heteroatoms. The van der Waals surface area contributed by atoms with Crippen LogP contribution in [0.15, 0.2) is 54.2 Å². The van der Waals surface area contributed by atoms with Crippen molar-refractivity contribution in [2.75, 3.05) is 6.61 Å². The predicted molar refractivity (Wildman–Crippen MR) is 99.4 cm³/mol. The molecule has 1 aromatic heterocycles. The smallest absolute Gasteiger partial charge is 0.379 e. The molecule has 0 aliphatic carbocycles. The molecule has 0 unspecified atom stereocenters. The first-order valence-corrected chi connectivity index (χ1v) is 8.46. The Morgan fingerprint density at radius 2 is 1.89 bits per heavy atom. The number of esters is 1. The number of ketones is 1. The lowest BCUT2D eigenvalue weighted by atomic mass is 10.1. The monoisotopic (exact) mass is 363 g/mol. The summed E-state index contributed by atoms with van der Waals surface area (Å²) >= 11 is 0. The number of hydrogen-bond acceptors (Lipinski definition) is 5. The van der Waals surface area contributed by atoms with Gasteiger partial charge < -0.3 is 19.5 Å². The topological polar surface area (TPSA) is 88.8 Å². The standard InChI is InChI=1S/C21H17NO5/c1-12-5-7-13(8-6-12)9-22-10-14(18-16(22)3-2-4-17(18)23)19(24)15-11-27-21(26)20(15)25/h2-8,10,23-24H,9,11H2,1H3. The molecule has 2 heterocycles. The van der Waals surface area contributed by atoms with E-state index in [1.165, 1.54) is 6.07 Å². The van der Waals surface area contributed by atoms with Crippen molar-refractivity contribution in [3.05, 3.63) is 70.9 Å². The summed E-state index contributed by atoms with van der Waals surface area (Å²) < 4.78 is 6.58. The summed E-state index contributed by atoms with van der Waals surface area (Å²) in [5.41, 5.74) is 3.10. The molecule has 1 aliphatic heterocycles. The summed E-state index contributed by atoms with van der Waals surface area (Å²) in [7, 11) is 0. The second-order valence-electron chi connectivity index (χ2n) is 6.56. The van der Waals surface area contributed by atoms with E-state index >= 15 is 0 Å². The fourth-order valence-corrected chi connectivity index (χ4v) is 3.26. The predicted octanol–water partition coefficient (Wildman–Crippen LogP) is 3.10. The Morgan fingerprint density at radius 1 is 1.15 bits per heavy atom. The van der Waals surface area contributed by atoms with Gasteiger partial charge in [0.2, 0.25) is 0 Å². The second kappa shape index (κ2) is 6.32. The molecule has 27 heavy (non-hydrogen) atoms. The zero-order valence-electron chi connectivity index (χ0n) is 14.6. The molecule has 0 atom stereocenters. The number of benzene rings is 2. The molecule has 1 aliphatic rings. The number of phenols is 1. The molecule has 0 amide bonds. The van der Waals surface area contributed by atoms with E-state index in [0.29, 0.717) is 17.4 Å². The Kier molecular flexibility index (Phi) is 3.96. The Hall–Kier alpha value is -3.54. The molecule has 6 nitrogen and oxygen atoms in total. The molecule has 0 bridgehead atoms. The molecule has 0 saturated carbocycles. The third-order valence-electron chi connectivity index (χ3n) is 4.71. The molecule has 2 N–H and O–H groups in total. The molecule has 1 saturated heterocycles. The van der Waals surface area contributed by atoms with Crippen LogP contribution in [0.2, 0.25) is 0 Å². The highest BCUT2D eigenvalue weighted by molar-refractivity contribution is 6.43. The minimum Gasteiger partial charge on any atom is -0.507 e. The van der Waals surface area contributed by atoms with Crippen molar-refractivity contribution in [2.45, 2.75) is 13.5 Å². The lowest BCUT2D eigenvalue weighted by molar-refractivity contribution is -0.146. The van der Waals surface area contributed by atoms with Crippen LogP contribution >= 0.6 is 0 Å². The van der Waals surface area contributed by atoms with Gasteiger partial charge in [-0.15, -0.1) is 0 Å². The van der Waals surface area contributed by atoms with Gasteiger partial charge in [-0.05, 0) is 24.6 Å². The first kappa shape index (κ1) is 16.9. The maximum absolute atomic E-state index is 11.9. The summed E-state index contributed by atoms with van der Waals surface area (Å²) in [5.74, 6) is -2.21. The van der Waals surface area contributed by atoms with Crippen molar-refractivity contribution in [3.8, 4) is 5.75 Å². The van der Waals surface area contributed by atoms with Crippen LogP contribution in [0.1, 0.15) is 16.7 Å². The van der Waals surface area contributed by atoms with E-state index in [1.807, 2.05) is 41.8 Å². The first-order chi connectivity index (χ1) is 13.0. The molecular formula is C21H17NO5. The lowest BCUT2D eigenvalue weighted by Gasteiger charge is -2.06. The highest BCUT2D eigenvalue weighted by atomic mass is 16.5. The quantitative estimate of drug-likeness (QED) is 0.323. The number of aromatic hydroxyl groups is 1. The van der Waals surface area contributed by atoms with Crippen molar-refractivity contribution in [3.63, 3.8) is 0 Å². The third kappa shape index (κ3) is 2.85. The van der Waals surface area contributed by atoms with E-state index in [1.54, 1.807) is 12.3 Å². The minimum absolute atomic E-state index is 0.0185. The van der Waals surface area contributed by atoms with Crippen molar-refractivity contribution >= 4 is 28.4 Å². The second-order valence-corrected chi connectivity index (χ2v) is 6.56. The van der Waals surface area contributed by atoms with E-state index in [0.717, 1.165) is 11.1 Å². The first-order valence-electron chi connectivity index (χ1n) is 8.46. The number of nitrogens with zero attached hydrogens (tertiary/aromatic N) is 1. The number of Topliss-reactive ketones (excluding diaryl/α,β-unsaturated/α-hetero) is 1. The number of phenolic OH excluding ortho intramolecular Hbond substituents is 1. The van der Waals surface area contributed by atoms with Crippen LogP contribution in [-0.4, -0.2) is 33.1 Å². The molecular weight excluding hydrogens is 346 g/mol. The summed E-state index contributed by atoms with van der Waals surface area (Å²) in [6.45, 7) is 2.26. The summed E-state index contributed by atoms with van der Waals surface area (Å²) in [6.07, 6.45) is 1.67. The van der Waals surface area contributed by atoms with Gasteiger partial charge in [0.05, 0.1) is 16.5 Å². The van der Waals surface area contributed by atoms with Crippen molar-refractivity contribution < 1.29 is 24.5 Å². The van der Waals surface area contributed by atoms with E-state index in [-0.39, 0.29) is 29.3 Å². The zero-order chi connectivity index (χ0) is 19.1. The maximum Gasteiger partial charge on any atom is 0.379 e. The van der Waals surface area contributed by atoms with Crippen LogP contribution in [0.25, 0.3) is 16.7 Å². The molecule has 2 aromatic carbocycles. The number of ether oxygens (including phenoxy) is 1. The van der Waals surface area contributed by atoms with Crippen LogP contribution in [0.3, 0.4) is 0 Å². The average Bonchev–Trinajstić information content (AvgIpc) is 3.19. The highest BCUT2D eigenvalue weighted by Crippen LogP contribution is 2.35. The SMILES string of the molecule is Cc1ccc(Cn2cc(C(O)=C3COC(=O)C3=O)c3c(O)cccc32)cc1. The molecule has 0 radical (unpaired) electrons. The number of fused-ring (bicyclic) bond motifs is 1. The summed E-state index contributed by atoms with van der Waals surface area (Å²) in [4.78, 5) is 23.3. The van der Waals surface area contributed by atoms with Gasteiger partial charge in [-0.25, -0.2) is 4.79 Å². The molecule has 1 fully saturated rings. The van der Waals surface area contributed by atoms with Gasteiger partial charge in [-0.2, -0.15) is 0 Å². The number of hydrogen-bond donors (Lipinski definition) is 2. The number of carbonyl (C=O) groups excluding carboxylic acids is 2. The van der Waals surface area contributed by atoms with E-state index in [4.69, 9.17) is 4.74 Å². The Balaban J connectivity index is 1.87. The Bertz CT molecular complexity index is 1110. The van der Waals surface area contributed by atoms with Crippen LogP contribution in [-0.2, 0) is 20.9 Å². The van der Waals surface area contributed by atoms with E-state index in [2.05, 4.69) is 0 Å².